The second kappa shape index (κ2) is 33.2. The van der Waals surface area contributed by atoms with Gasteiger partial charge < -0.3 is 60.4 Å². The maximum absolute atomic E-state index is 13.1. The van der Waals surface area contributed by atoms with Crippen LogP contribution >= 0.6 is 23.1 Å². The summed E-state index contributed by atoms with van der Waals surface area (Å²) in [6, 6.07) is 17.0. The third-order valence-electron chi connectivity index (χ3n) is 14.6. The number of phenolic OH excluding ortho intramolecular Hbond substituents is 1. The molecule has 21 nitrogen and oxygen atoms in total. The minimum Gasteiger partial charge on any atom is -0.508 e. The highest BCUT2D eigenvalue weighted by Gasteiger charge is 2.42. The number of amides is 6. The van der Waals surface area contributed by atoms with Crippen molar-refractivity contribution in [2.75, 3.05) is 116 Å². The summed E-state index contributed by atoms with van der Waals surface area (Å²) in [4.78, 5) is 91.9. The first-order valence-electron chi connectivity index (χ1n) is 29.0. The molecule has 0 radical (unpaired) electrons. The zero-order valence-corrected chi connectivity index (χ0v) is 48.5. The van der Waals surface area contributed by atoms with E-state index < -0.39 is 0 Å². The number of urea groups is 1. The Labute approximate surface area is 488 Å². The van der Waals surface area contributed by atoms with Gasteiger partial charge in [-0.05, 0) is 67.5 Å². The molecule has 0 unspecified atom stereocenters. The summed E-state index contributed by atoms with van der Waals surface area (Å²) in [5, 5.41) is 25.2. The molecule has 82 heavy (non-hydrogen) atoms. The number of allylic oxidation sites excluding steroid dienone is 1. The van der Waals surface area contributed by atoms with Crippen molar-refractivity contribution in [3.05, 3.63) is 76.7 Å². The van der Waals surface area contributed by atoms with E-state index in [1.165, 1.54) is 6.08 Å². The van der Waals surface area contributed by atoms with Crippen molar-refractivity contribution in [2.24, 2.45) is 0 Å². The SMILES string of the molecule is O=C(/C=C/c1ccc(CNC(=O)CCCC(=O)NCCCOCCOCCOCCCNC(=O)CCCC[C@H]2SC[C@H]3NC(=O)N[C@H]32)cc1)CCC(=O)N1CCN(Cc2cc3nc(-c4cccc(O)c4)nc(N4CCOCC4)c3s2)CC1. The minimum atomic E-state index is -0.138. The number of carbonyl (C=O) groups is 6. The molecule has 4 aromatic rings. The molecular formula is C59H80N10O11S2. The molecule has 4 saturated heterocycles. The first-order valence-corrected chi connectivity index (χ1v) is 30.8. The number of rotatable bonds is 34. The molecule has 8 rings (SSSR count). The lowest BCUT2D eigenvalue weighted by molar-refractivity contribution is -0.134. The van der Waals surface area contributed by atoms with Gasteiger partial charge in [0.05, 0.1) is 61.9 Å². The van der Waals surface area contributed by atoms with Gasteiger partial charge in [-0.1, -0.05) is 48.9 Å². The van der Waals surface area contributed by atoms with Gasteiger partial charge in [-0.3, -0.25) is 28.9 Å². The van der Waals surface area contributed by atoms with Gasteiger partial charge in [0.2, 0.25) is 23.6 Å². The molecule has 0 spiro atoms. The van der Waals surface area contributed by atoms with E-state index in [1.807, 2.05) is 47.0 Å². The normalized spacial score (nSPS) is 18.1. The number of thiophene rings is 1. The number of piperazine rings is 1. The molecule has 444 valence electrons. The number of hydrogen-bond donors (Lipinski definition) is 6. The van der Waals surface area contributed by atoms with Gasteiger partial charge >= 0.3 is 6.03 Å². The molecule has 0 saturated carbocycles. The highest BCUT2D eigenvalue weighted by molar-refractivity contribution is 8.00. The van der Waals surface area contributed by atoms with Crippen LogP contribution in [0.3, 0.4) is 0 Å². The Hall–Kier alpha value is -6.21. The Bertz CT molecular complexity index is 2750. The predicted molar refractivity (Wildman–Crippen MR) is 316 cm³/mol. The third kappa shape index (κ3) is 20.3. The first kappa shape index (κ1) is 61.9. The Morgan fingerprint density at radius 3 is 2.12 bits per heavy atom. The molecule has 6 amide bonds. The molecule has 0 aliphatic carbocycles. The van der Waals surface area contributed by atoms with Crippen molar-refractivity contribution < 1.29 is 52.8 Å². The van der Waals surface area contributed by atoms with Gasteiger partial charge in [0.15, 0.2) is 17.4 Å². The highest BCUT2D eigenvalue weighted by Crippen LogP contribution is 2.36. The van der Waals surface area contributed by atoms with Crippen molar-refractivity contribution in [3.8, 4) is 17.1 Å². The van der Waals surface area contributed by atoms with Crippen LogP contribution in [0, 0.1) is 0 Å². The number of ketones is 1. The number of nitrogens with zero attached hydrogens (tertiary/aromatic N) is 5. The number of aromatic hydroxyl groups is 1. The van der Waals surface area contributed by atoms with E-state index in [0.29, 0.717) is 116 Å². The number of nitrogens with one attached hydrogen (secondary N) is 5. The van der Waals surface area contributed by atoms with Crippen LogP contribution in [0.25, 0.3) is 27.7 Å². The summed E-state index contributed by atoms with van der Waals surface area (Å²) in [6.07, 6.45) is 9.16. The fourth-order valence-corrected chi connectivity index (χ4v) is 12.8. The summed E-state index contributed by atoms with van der Waals surface area (Å²) in [7, 11) is 0. The number of thioether (sulfide) groups is 1. The molecule has 4 aliphatic heterocycles. The average molecular weight is 1170 g/mol. The predicted octanol–water partition coefficient (Wildman–Crippen LogP) is 5.18. The van der Waals surface area contributed by atoms with Crippen LogP contribution in [-0.2, 0) is 56.0 Å². The lowest BCUT2D eigenvalue weighted by atomic mass is 10.0. The largest absolute Gasteiger partial charge is 0.508 e. The van der Waals surface area contributed by atoms with E-state index in [4.69, 9.17) is 28.9 Å². The summed E-state index contributed by atoms with van der Waals surface area (Å²) < 4.78 is 23.4. The molecular weight excluding hydrogens is 1090 g/mol. The van der Waals surface area contributed by atoms with Gasteiger partial charge in [0, 0.05) is 132 Å². The Kier molecular flexibility index (Phi) is 25.0. The van der Waals surface area contributed by atoms with Crippen LogP contribution in [0.4, 0.5) is 10.6 Å². The lowest BCUT2D eigenvalue weighted by Crippen LogP contribution is -2.48. The number of unbranched alkanes of at least 4 members (excludes halogenated alkanes) is 1. The number of aromatic nitrogens is 2. The molecule has 4 fully saturated rings. The van der Waals surface area contributed by atoms with Crippen molar-refractivity contribution in [3.63, 3.8) is 0 Å². The van der Waals surface area contributed by atoms with E-state index in [2.05, 4.69) is 42.5 Å². The lowest BCUT2D eigenvalue weighted by Gasteiger charge is -2.34. The zero-order valence-electron chi connectivity index (χ0n) is 46.9. The summed E-state index contributed by atoms with van der Waals surface area (Å²) in [5.74, 6) is 2.23. The van der Waals surface area contributed by atoms with Crippen molar-refractivity contribution in [2.45, 2.75) is 101 Å². The van der Waals surface area contributed by atoms with Crippen molar-refractivity contribution in [1.82, 2.24) is 46.4 Å². The second-order valence-corrected chi connectivity index (χ2v) is 23.3. The highest BCUT2D eigenvalue weighted by atomic mass is 32.2. The minimum absolute atomic E-state index is 0.0245. The van der Waals surface area contributed by atoms with Crippen LogP contribution in [0.15, 0.2) is 60.7 Å². The Morgan fingerprint density at radius 1 is 0.732 bits per heavy atom. The molecule has 3 atom stereocenters. The van der Waals surface area contributed by atoms with Crippen LogP contribution < -0.4 is 31.5 Å². The molecule has 4 aliphatic rings. The molecule has 23 heteroatoms. The number of hydrogen-bond acceptors (Lipinski definition) is 17. The van der Waals surface area contributed by atoms with Crippen molar-refractivity contribution >= 4 is 80.7 Å². The third-order valence-corrected chi connectivity index (χ3v) is 17.3. The monoisotopic (exact) mass is 1170 g/mol. The number of phenols is 1. The quantitative estimate of drug-likeness (QED) is 0.0200. The van der Waals surface area contributed by atoms with Crippen molar-refractivity contribution in [1.29, 1.82) is 0 Å². The summed E-state index contributed by atoms with van der Waals surface area (Å²) in [6.45, 7) is 10.3. The second-order valence-electron chi connectivity index (χ2n) is 20.9. The zero-order chi connectivity index (χ0) is 57.3. The maximum Gasteiger partial charge on any atom is 0.315 e. The number of carbonyl (C=O) groups excluding carboxylic acids is 6. The topological polar surface area (TPSA) is 255 Å². The number of anilines is 1. The molecule has 6 heterocycles. The first-order chi connectivity index (χ1) is 40.0. The fraction of sp³-hybridized carbons (Fsp3) is 0.559. The van der Waals surface area contributed by atoms with Crippen LogP contribution in [0.2, 0.25) is 0 Å². The van der Waals surface area contributed by atoms with E-state index in [0.717, 1.165) is 102 Å². The van der Waals surface area contributed by atoms with Gasteiger partial charge in [-0.2, -0.15) is 11.8 Å². The smallest absolute Gasteiger partial charge is 0.315 e. The number of morpholine rings is 1. The van der Waals surface area contributed by atoms with E-state index in [9.17, 15) is 33.9 Å². The maximum atomic E-state index is 13.1. The van der Waals surface area contributed by atoms with Crippen LogP contribution in [-0.4, -0.2) is 189 Å². The number of ether oxygens (including phenoxy) is 4. The Balaban J connectivity index is 0.587. The van der Waals surface area contributed by atoms with E-state index in [-0.39, 0.29) is 79.0 Å². The van der Waals surface area contributed by atoms with Gasteiger partial charge in [-0.25, -0.2) is 14.8 Å². The summed E-state index contributed by atoms with van der Waals surface area (Å²) in [5.41, 5.74) is 3.36. The Morgan fingerprint density at radius 2 is 1.41 bits per heavy atom. The van der Waals surface area contributed by atoms with Gasteiger partial charge in [0.1, 0.15) is 5.75 Å². The summed E-state index contributed by atoms with van der Waals surface area (Å²) >= 11 is 3.59. The number of benzene rings is 2. The molecule has 0 bridgehead atoms. The molecule has 2 aromatic carbocycles. The van der Waals surface area contributed by atoms with Crippen LogP contribution in [0.1, 0.15) is 86.6 Å². The number of fused-ring (bicyclic) bond motifs is 2. The van der Waals surface area contributed by atoms with Gasteiger partial charge in [-0.15, -0.1) is 11.3 Å². The standard InChI is InChI=1S/C59H80N10O11S2/c70-45(19-20-54(75)68-25-23-67(24-26-68)40-47-38-48-56(82-47)58(69-27-31-79-32-28-69)66-57(63-48)44-7-3-8-46(71)37-44)18-17-42-13-15-43(16-14-42)39-62-53(74)12-4-11-52(73)61-22-6-30-78-34-36-80-35-33-77-29-5-21-60-51(72)10-2-1-9-50-55-49(41-81-50)64-59(76)65-55/h3,7-8,13-18,37-38,49-50,55,71H,1-2,4-6,9-12,19-36,39-41H2,(H,60,72)(H,61,73)(H,62,74)(H2,64,65,76)/b18-17+/t49-,50-,55-/m1/s1. The molecule has 6 N–H and O–H groups in total. The van der Waals surface area contributed by atoms with Crippen LogP contribution in [0.5, 0.6) is 5.75 Å². The fourth-order valence-electron chi connectivity index (χ4n) is 10.1. The molecule has 2 aromatic heterocycles. The van der Waals surface area contributed by atoms with E-state index in [1.54, 1.807) is 35.6 Å². The van der Waals surface area contributed by atoms with E-state index >= 15 is 0 Å². The van der Waals surface area contributed by atoms with Gasteiger partial charge in [0.25, 0.3) is 0 Å². The average Bonchev–Trinajstić information content (AvgIpc) is 4.18.